The molecule has 0 aliphatic heterocycles. The Morgan fingerprint density at radius 2 is 1.48 bits per heavy atom. The number of benzene rings is 1. The van der Waals surface area contributed by atoms with Crippen molar-refractivity contribution in [2.45, 2.75) is 43.9 Å². The predicted molar refractivity (Wildman–Crippen MR) is 108 cm³/mol. The Morgan fingerprint density at radius 1 is 0.935 bits per heavy atom. The van der Waals surface area contributed by atoms with Gasteiger partial charge in [0.1, 0.15) is 24.2 Å². The summed E-state index contributed by atoms with van der Waals surface area (Å²) < 4.78 is 0. The number of aliphatic hydroxyl groups excluding tert-OH is 1. The molecular formula is C19H27N5O7. The summed E-state index contributed by atoms with van der Waals surface area (Å²) in [6.07, 6.45) is -0.570. The summed E-state index contributed by atoms with van der Waals surface area (Å²) >= 11 is 0. The van der Waals surface area contributed by atoms with Crippen LogP contribution >= 0.6 is 0 Å². The number of aliphatic carboxylic acids is 1. The lowest BCUT2D eigenvalue weighted by atomic mass is 10.0. The third-order valence-electron chi connectivity index (χ3n) is 4.22. The zero-order valence-electron chi connectivity index (χ0n) is 16.9. The molecule has 0 radical (unpaired) electrons. The molecular weight excluding hydrogens is 410 g/mol. The SMILES string of the molecule is CC(NC(=O)C(Cc1ccccc1)NC(=O)C(CC(N)=O)NC(=O)C(N)CO)C(=O)O. The van der Waals surface area contributed by atoms with Crippen LogP contribution in [-0.4, -0.2) is 70.6 Å². The van der Waals surface area contributed by atoms with Crippen LogP contribution < -0.4 is 27.4 Å². The van der Waals surface area contributed by atoms with Crippen LogP contribution in [0, 0.1) is 0 Å². The first-order valence-electron chi connectivity index (χ1n) is 9.37. The normalized spacial score (nSPS) is 14.4. The van der Waals surface area contributed by atoms with E-state index in [0.717, 1.165) is 0 Å². The van der Waals surface area contributed by atoms with Crippen LogP contribution in [-0.2, 0) is 30.4 Å². The second-order valence-corrected chi connectivity index (χ2v) is 6.84. The van der Waals surface area contributed by atoms with E-state index in [1.807, 2.05) is 0 Å². The van der Waals surface area contributed by atoms with Gasteiger partial charge < -0.3 is 37.6 Å². The van der Waals surface area contributed by atoms with E-state index in [1.165, 1.54) is 6.92 Å². The molecule has 0 saturated carbocycles. The van der Waals surface area contributed by atoms with E-state index >= 15 is 0 Å². The lowest BCUT2D eigenvalue weighted by Gasteiger charge is -2.24. The highest BCUT2D eigenvalue weighted by molar-refractivity contribution is 5.96. The fourth-order valence-corrected chi connectivity index (χ4v) is 2.48. The second-order valence-electron chi connectivity index (χ2n) is 6.84. The molecule has 9 N–H and O–H groups in total. The topological polar surface area (TPSA) is 214 Å². The number of hydrogen-bond acceptors (Lipinski definition) is 7. The standard InChI is InChI=1S/C19H27N5O7/c1-10(19(30)31)22-17(28)13(7-11-5-3-2-4-6-11)24-18(29)14(8-15(21)26)23-16(27)12(20)9-25/h2-6,10,12-14,25H,7-9,20H2,1H3,(H2,21,26)(H,22,28)(H,23,27)(H,24,29)(H,30,31). The number of nitrogens with two attached hydrogens (primary N) is 2. The summed E-state index contributed by atoms with van der Waals surface area (Å²) in [6, 6.07) is 3.39. The molecule has 0 bridgehead atoms. The molecule has 0 heterocycles. The van der Waals surface area contributed by atoms with Gasteiger partial charge >= 0.3 is 5.97 Å². The predicted octanol–water partition coefficient (Wildman–Crippen LogP) is -3.02. The van der Waals surface area contributed by atoms with Crippen LogP contribution in [0.15, 0.2) is 30.3 Å². The lowest BCUT2D eigenvalue weighted by molar-refractivity contribution is -0.142. The molecule has 1 aromatic rings. The molecule has 0 aliphatic rings. The fraction of sp³-hybridized carbons (Fsp3) is 0.421. The summed E-state index contributed by atoms with van der Waals surface area (Å²) in [5, 5.41) is 24.9. The first-order chi connectivity index (χ1) is 14.5. The van der Waals surface area contributed by atoms with Gasteiger partial charge in [-0.15, -0.1) is 0 Å². The summed E-state index contributed by atoms with van der Waals surface area (Å²) in [6.45, 7) is 0.566. The molecule has 12 heteroatoms. The highest BCUT2D eigenvalue weighted by Gasteiger charge is 2.30. The van der Waals surface area contributed by atoms with Crippen molar-refractivity contribution in [1.82, 2.24) is 16.0 Å². The summed E-state index contributed by atoms with van der Waals surface area (Å²) in [5.41, 5.74) is 11.2. The summed E-state index contributed by atoms with van der Waals surface area (Å²) in [7, 11) is 0. The van der Waals surface area contributed by atoms with E-state index in [2.05, 4.69) is 16.0 Å². The van der Waals surface area contributed by atoms with Gasteiger partial charge in [0.25, 0.3) is 0 Å². The van der Waals surface area contributed by atoms with Gasteiger partial charge in [-0.2, -0.15) is 0 Å². The van der Waals surface area contributed by atoms with E-state index in [-0.39, 0.29) is 6.42 Å². The van der Waals surface area contributed by atoms with Crippen molar-refractivity contribution in [2.24, 2.45) is 11.5 Å². The number of rotatable bonds is 12. The number of nitrogens with one attached hydrogen (secondary N) is 3. The number of carboxylic acids is 1. The molecule has 4 unspecified atom stereocenters. The largest absolute Gasteiger partial charge is 0.480 e. The van der Waals surface area contributed by atoms with E-state index in [1.54, 1.807) is 30.3 Å². The molecule has 0 saturated heterocycles. The maximum atomic E-state index is 12.7. The first kappa shape index (κ1) is 25.5. The van der Waals surface area contributed by atoms with E-state index in [9.17, 15) is 24.0 Å². The van der Waals surface area contributed by atoms with Gasteiger partial charge in [-0.1, -0.05) is 30.3 Å². The molecule has 31 heavy (non-hydrogen) atoms. The number of carboxylic acid groups (broad SMARTS) is 1. The maximum Gasteiger partial charge on any atom is 0.325 e. The molecule has 1 aromatic carbocycles. The molecule has 4 atom stereocenters. The average molecular weight is 437 g/mol. The number of carbonyl (C=O) groups is 5. The van der Waals surface area contributed by atoms with E-state index < -0.39 is 66.8 Å². The number of amides is 4. The van der Waals surface area contributed by atoms with Crippen LogP contribution in [0.5, 0.6) is 0 Å². The number of aliphatic hydroxyl groups is 1. The Balaban J connectivity index is 3.04. The van der Waals surface area contributed by atoms with Gasteiger partial charge in [0.05, 0.1) is 13.0 Å². The van der Waals surface area contributed by atoms with Crippen LogP contribution in [0.2, 0.25) is 0 Å². The lowest BCUT2D eigenvalue weighted by Crippen LogP contribution is -2.58. The Morgan fingerprint density at radius 3 is 2.00 bits per heavy atom. The second kappa shape index (κ2) is 12.2. The molecule has 4 amide bonds. The molecule has 0 spiro atoms. The third kappa shape index (κ3) is 8.80. The van der Waals surface area contributed by atoms with E-state index in [4.69, 9.17) is 21.7 Å². The minimum absolute atomic E-state index is 0.0120. The molecule has 0 fully saturated rings. The van der Waals surface area contributed by atoms with Crippen molar-refractivity contribution in [3.05, 3.63) is 35.9 Å². The Kier molecular flexibility index (Phi) is 10.1. The summed E-state index contributed by atoms with van der Waals surface area (Å²) in [5.74, 6) is -4.75. The maximum absolute atomic E-state index is 12.7. The van der Waals surface area contributed by atoms with Crippen molar-refractivity contribution in [3.8, 4) is 0 Å². The van der Waals surface area contributed by atoms with Gasteiger partial charge in [0.15, 0.2) is 0 Å². The van der Waals surface area contributed by atoms with Gasteiger partial charge in [-0.05, 0) is 12.5 Å². The van der Waals surface area contributed by atoms with Gasteiger partial charge in [-0.25, -0.2) is 0 Å². The molecule has 0 aromatic heterocycles. The first-order valence-corrected chi connectivity index (χ1v) is 9.37. The molecule has 12 nitrogen and oxygen atoms in total. The fourth-order valence-electron chi connectivity index (χ4n) is 2.48. The quantitative estimate of drug-likeness (QED) is 0.178. The Bertz CT molecular complexity index is 802. The molecule has 170 valence electrons. The van der Waals surface area contributed by atoms with Crippen molar-refractivity contribution < 1.29 is 34.2 Å². The number of hydrogen-bond donors (Lipinski definition) is 7. The van der Waals surface area contributed by atoms with Crippen molar-refractivity contribution in [1.29, 1.82) is 0 Å². The number of carbonyl (C=O) groups excluding carboxylic acids is 4. The van der Waals surface area contributed by atoms with Crippen molar-refractivity contribution in [2.75, 3.05) is 6.61 Å². The van der Waals surface area contributed by atoms with E-state index in [0.29, 0.717) is 5.56 Å². The molecule has 1 rings (SSSR count). The van der Waals surface area contributed by atoms with Gasteiger partial charge in [0.2, 0.25) is 23.6 Å². The smallest absolute Gasteiger partial charge is 0.325 e. The zero-order valence-corrected chi connectivity index (χ0v) is 16.9. The van der Waals surface area contributed by atoms with Crippen LogP contribution in [0.4, 0.5) is 0 Å². The van der Waals surface area contributed by atoms with Gasteiger partial charge in [-0.3, -0.25) is 24.0 Å². The monoisotopic (exact) mass is 437 g/mol. The van der Waals surface area contributed by atoms with Crippen LogP contribution in [0.1, 0.15) is 18.9 Å². The Hall–Kier alpha value is -3.51. The van der Waals surface area contributed by atoms with Crippen LogP contribution in [0.3, 0.4) is 0 Å². The number of primary amides is 1. The van der Waals surface area contributed by atoms with Crippen LogP contribution in [0.25, 0.3) is 0 Å². The van der Waals surface area contributed by atoms with Gasteiger partial charge in [0, 0.05) is 6.42 Å². The highest BCUT2D eigenvalue weighted by Crippen LogP contribution is 2.05. The summed E-state index contributed by atoms with van der Waals surface area (Å²) in [4.78, 5) is 59.6. The Labute approximate surface area is 178 Å². The molecule has 0 aliphatic carbocycles. The van der Waals surface area contributed by atoms with Crippen molar-refractivity contribution >= 4 is 29.6 Å². The minimum atomic E-state index is -1.45. The van der Waals surface area contributed by atoms with Crippen molar-refractivity contribution in [3.63, 3.8) is 0 Å². The highest BCUT2D eigenvalue weighted by atomic mass is 16.4. The zero-order chi connectivity index (χ0) is 23.6. The minimum Gasteiger partial charge on any atom is -0.480 e. The average Bonchev–Trinajstić information content (AvgIpc) is 2.72. The third-order valence-corrected chi connectivity index (χ3v) is 4.22.